The van der Waals surface area contributed by atoms with Crippen LogP contribution in [-0.4, -0.2) is 47.1 Å². The van der Waals surface area contributed by atoms with E-state index in [1.165, 1.54) is 0 Å². The Balaban J connectivity index is 1.29. The summed E-state index contributed by atoms with van der Waals surface area (Å²) in [6.07, 6.45) is 3.60. The van der Waals surface area contributed by atoms with E-state index in [0.29, 0.717) is 21.2 Å². The molecule has 4 rings (SSSR count). The Labute approximate surface area is 199 Å². The van der Waals surface area contributed by atoms with Gasteiger partial charge >= 0.3 is 6.03 Å². The predicted octanol–water partition coefficient (Wildman–Crippen LogP) is 4.09. The highest BCUT2D eigenvalue weighted by Crippen LogP contribution is 2.32. The first-order valence-corrected chi connectivity index (χ1v) is 11.6. The van der Waals surface area contributed by atoms with Crippen molar-refractivity contribution in [3.63, 3.8) is 0 Å². The summed E-state index contributed by atoms with van der Waals surface area (Å²) in [7, 11) is 0. The minimum Gasteiger partial charge on any atom is -0.350 e. The molecule has 5 amide bonds. The molecule has 0 bridgehead atoms. The summed E-state index contributed by atoms with van der Waals surface area (Å²) in [4.78, 5) is 50.6. The number of nitrogens with one attached hydrogen (secondary N) is 3. The van der Waals surface area contributed by atoms with E-state index in [2.05, 4.69) is 16.0 Å². The summed E-state index contributed by atoms with van der Waals surface area (Å²) in [6.45, 7) is 0.154. The van der Waals surface area contributed by atoms with Gasteiger partial charge in [-0.25, -0.2) is 4.79 Å². The predicted molar refractivity (Wildman–Crippen MR) is 128 cm³/mol. The topological polar surface area (TPSA) is 108 Å². The number of carbonyl (C=O) groups is 4. The SMILES string of the molecule is O=C(Nc1cccc(C(=O)NCCN2C(=O)S/C(=C\c3ccc(Cl)cc3)C2=O)c1)NC1CC1. The molecule has 1 saturated heterocycles. The highest BCUT2D eigenvalue weighted by atomic mass is 35.5. The van der Waals surface area contributed by atoms with Crippen LogP contribution in [0.5, 0.6) is 0 Å². The molecule has 33 heavy (non-hydrogen) atoms. The van der Waals surface area contributed by atoms with E-state index in [9.17, 15) is 19.2 Å². The highest BCUT2D eigenvalue weighted by molar-refractivity contribution is 8.18. The van der Waals surface area contributed by atoms with E-state index < -0.39 is 5.91 Å². The lowest BCUT2D eigenvalue weighted by atomic mass is 10.2. The van der Waals surface area contributed by atoms with Gasteiger partial charge in [-0.15, -0.1) is 0 Å². The maximum atomic E-state index is 12.6. The Kier molecular flexibility index (Phi) is 7.00. The number of nitrogens with zero attached hydrogens (tertiary/aromatic N) is 1. The molecule has 2 aliphatic rings. The fourth-order valence-corrected chi connectivity index (χ4v) is 4.10. The number of rotatable bonds is 7. The Bertz CT molecular complexity index is 1130. The molecule has 3 N–H and O–H groups in total. The van der Waals surface area contributed by atoms with E-state index >= 15 is 0 Å². The largest absolute Gasteiger partial charge is 0.350 e. The Morgan fingerprint density at radius 1 is 1.12 bits per heavy atom. The molecular formula is C23H21ClN4O4S. The van der Waals surface area contributed by atoms with Gasteiger partial charge in [0.2, 0.25) is 0 Å². The Hall–Kier alpha value is -3.30. The number of carbonyl (C=O) groups excluding carboxylic acids is 4. The van der Waals surface area contributed by atoms with Gasteiger partial charge in [-0.3, -0.25) is 19.3 Å². The van der Waals surface area contributed by atoms with Crippen molar-refractivity contribution in [2.45, 2.75) is 18.9 Å². The molecule has 0 aromatic heterocycles. The van der Waals surface area contributed by atoms with Crippen LogP contribution in [0.3, 0.4) is 0 Å². The molecule has 0 spiro atoms. The third-order valence-corrected chi connectivity index (χ3v) is 6.12. The van der Waals surface area contributed by atoms with Crippen LogP contribution in [0.2, 0.25) is 5.02 Å². The van der Waals surface area contributed by atoms with Crippen LogP contribution < -0.4 is 16.0 Å². The molecule has 2 fully saturated rings. The number of thioether (sulfide) groups is 1. The normalized spacial score (nSPS) is 16.8. The number of benzene rings is 2. The van der Waals surface area contributed by atoms with Gasteiger partial charge in [0.05, 0.1) is 4.91 Å². The Morgan fingerprint density at radius 2 is 1.88 bits per heavy atom. The molecule has 0 radical (unpaired) electrons. The molecule has 1 aliphatic carbocycles. The van der Waals surface area contributed by atoms with Gasteiger partial charge in [0.1, 0.15) is 0 Å². The number of hydrogen-bond acceptors (Lipinski definition) is 5. The van der Waals surface area contributed by atoms with Gasteiger partial charge in [-0.05, 0) is 66.6 Å². The van der Waals surface area contributed by atoms with E-state index in [0.717, 1.165) is 35.1 Å². The molecule has 0 atom stereocenters. The summed E-state index contributed by atoms with van der Waals surface area (Å²) >= 11 is 6.73. The zero-order valence-corrected chi connectivity index (χ0v) is 19.0. The maximum absolute atomic E-state index is 12.6. The van der Waals surface area contributed by atoms with Crippen LogP contribution in [0.15, 0.2) is 53.4 Å². The molecule has 8 nitrogen and oxygen atoms in total. The minimum atomic E-state index is -0.401. The minimum absolute atomic E-state index is 0.0517. The summed E-state index contributed by atoms with van der Waals surface area (Å²) in [5.74, 6) is -0.771. The van der Waals surface area contributed by atoms with E-state index in [1.54, 1.807) is 54.6 Å². The number of hydrogen-bond donors (Lipinski definition) is 3. The van der Waals surface area contributed by atoms with Crippen molar-refractivity contribution in [1.82, 2.24) is 15.5 Å². The van der Waals surface area contributed by atoms with Gasteiger partial charge in [-0.2, -0.15) is 0 Å². The van der Waals surface area contributed by atoms with Crippen molar-refractivity contribution >= 4 is 58.2 Å². The summed E-state index contributed by atoms with van der Waals surface area (Å²) < 4.78 is 0. The first-order valence-electron chi connectivity index (χ1n) is 10.4. The zero-order chi connectivity index (χ0) is 23.4. The van der Waals surface area contributed by atoms with Crippen molar-refractivity contribution in [1.29, 1.82) is 0 Å². The molecule has 1 heterocycles. The number of urea groups is 1. The number of anilines is 1. The van der Waals surface area contributed by atoms with Gasteiger partial charge in [0.15, 0.2) is 0 Å². The number of imide groups is 1. The van der Waals surface area contributed by atoms with Crippen molar-refractivity contribution in [2.24, 2.45) is 0 Å². The standard InChI is InChI=1S/C23H21ClN4O4S/c24-16-6-4-14(5-7-16)12-19-21(30)28(23(32)33-19)11-10-25-20(29)15-2-1-3-18(13-15)27-22(31)26-17-8-9-17/h1-7,12-13,17H,8-11H2,(H,25,29)(H2,26,27,31)/b19-12-. The third kappa shape index (κ3) is 6.15. The summed E-state index contributed by atoms with van der Waals surface area (Å²) in [6, 6.07) is 13.4. The van der Waals surface area contributed by atoms with Crippen molar-refractivity contribution in [3.8, 4) is 0 Å². The monoisotopic (exact) mass is 484 g/mol. The third-order valence-electron chi connectivity index (χ3n) is 4.96. The molecule has 2 aromatic carbocycles. The number of amides is 5. The van der Waals surface area contributed by atoms with Crippen LogP contribution >= 0.6 is 23.4 Å². The van der Waals surface area contributed by atoms with E-state index in [4.69, 9.17) is 11.6 Å². The highest BCUT2D eigenvalue weighted by Gasteiger charge is 2.34. The van der Waals surface area contributed by atoms with Gasteiger partial charge in [0.25, 0.3) is 17.1 Å². The van der Waals surface area contributed by atoms with Gasteiger partial charge in [0, 0.05) is 35.4 Å². The van der Waals surface area contributed by atoms with E-state index in [-0.39, 0.29) is 36.3 Å². The first-order chi connectivity index (χ1) is 15.9. The lowest BCUT2D eigenvalue weighted by Crippen LogP contribution is -2.37. The lowest BCUT2D eigenvalue weighted by molar-refractivity contribution is -0.122. The molecule has 1 saturated carbocycles. The average Bonchev–Trinajstić information content (AvgIpc) is 3.56. The molecular weight excluding hydrogens is 464 g/mol. The fraction of sp³-hybridized carbons (Fsp3) is 0.217. The van der Waals surface area contributed by atoms with Crippen LogP contribution in [-0.2, 0) is 4.79 Å². The summed E-state index contributed by atoms with van der Waals surface area (Å²) in [5, 5.41) is 8.42. The van der Waals surface area contributed by atoms with Crippen molar-refractivity contribution in [3.05, 3.63) is 69.6 Å². The van der Waals surface area contributed by atoms with Crippen LogP contribution in [0.25, 0.3) is 6.08 Å². The molecule has 170 valence electrons. The Morgan fingerprint density at radius 3 is 2.61 bits per heavy atom. The first kappa shape index (κ1) is 22.9. The lowest BCUT2D eigenvalue weighted by Gasteiger charge is -2.13. The molecule has 2 aromatic rings. The second kappa shape index (κ2) is 10.1. The summed E-state index contributed by atoms with van der Waals surface area (Å²) in [5.41, 5.74) is 1.62. The molecule has 10 heteroatoms. The smallest absolute Gasteiger partial charge is 0.319 e. The quantitative estimate of drug-likeness (QED) is 0.513. The van der Waals surface area contributed by atoms with Crippen LogP contribution in [0.4, 0.5) is 15.3 Å². The maximum Gasteiger partial charge on any atom is 0.319 e. The zero-order valence-electron chi connectivity index (χ0n) is 17.5. The van der Waals surface area contributed by atoms with Crippen LogP contribution in [0, 0.1) is 0 Å². The van der Waals surface area contributed by atoms with Gasteiger partial charge < -0.3 is 16.0 Å². The van der Waals surface area contributed by atoms with Crippen molar-refractivity contribution < 1.29 is 19.2 Å². The van der Waals surface area contributed by atoms with E-state index in [1.807, 2.05) is 0 Å². The second-order valence-electron chi connectivity index (χ2n) is 7.59. The molecule has 0 unspecified atom stereocenters. The average molecular weight is 485 g/mol. The fourth-order valence-electron chi connectivity index (χ4n) is 3.10. The van der Waals surface area contributed by atoms with Crippen LogP contribution in [0.1, 0.15) is 28.8 Å². The van der Waals surface area contributed by atoms with Crippen molar-refractivity contribution in [2.75, 3.05) is 18.4 Å². The van der Waals surface area contributed by atoms with Gasteiger partial charge in [-0.1, -0.05) is 29.8 Å². The number of halogens is 1. The second-order valence-corrected chi connectivity index (χ2v) is 9.02. The molecule has 1 aliphatic heterocycles.